The number of amides is 1. The first-order chi connectivity index (χ1) is 29.1. The molecule has 2 fully saturated rings. The molecule has 0 aromatic rings. The molecule has 14 heteroatoms. The van der Waals surface area contributed by atoms with Crippen LogP contribution < -0.4 is 5.32 Å². The van der Waals surface area contributed by atoms with Gasteiger partial charge in [-0.2, -0.15) is 0 Å². The van der Waals surface area contributed by atoms with E-state index in [0.717, 1.165) is 38.5 Å². The number of hydrogen-bond acceptors (Lipinski definition) is 13. The van der Waals surface area contributed by atoms with Crippen LogP contribution in [0.4, 0.5) is 0 Å². The van der Waals surface area contributed by atoms with E-state index in [1.165, 1.54) is 116 Å². The molecular weight excluding hydrogens is 774 g/mol. The van der Waals surface area contributed by atoms with E-state index in [2.05, 4.69) is 19.2 Å². The van der Waals surface area contributed by atoms with E-state index in [9.17, 15) is 45.6 Å². The van der Waals surface area contributed by atoms with Gasteiger partial charge in [0.15, 0.2) is 12.6 Å². The molecule has 354 valence electrons. The van der Waals surface area contributed by atoms with Crippen LogP contribution in [-0.2, 0) is 23.7 Å². The first-order valence-corrected chi connectivity index (χ1v) is 23.9. The Morgan fingerprint density at radius 3 is 1.53 bits per heavy atom. The molecular formula is C46H87NO13. The number of nitrogens with one attached hydrogen (secondary N) is 1. The molecule has 0 spiro atoms. The van der Waals surface area contributed by atoms with Crippen molar-refractivity contribution in [2.24, 2.45) is 0 Å². The van der Waals surface area contributed by atoms with Gasteiger partial charge in [-0.1, -0.05) is 167 Å². The Hall–Kier alpha value is -1.27. The molecule has 2 rings (SSSR count). The molecule has 2 unspecified atom stereocenters. The van der Waals surface area contributed by atoms with Gasteiger partial charge in [0.1, 0.15) is 48.8 Å². The summed E-state index contributed by atoms with van der Waals surface area (Å²) in [5.41, 5.74) is 0. The van der Waals surface area contributed by atoms with Gasteiger partial charge in [0.2, 0.25) is 5.91 Å². The third-order valence-electron chi connectivity index (χ3n) is 12.0. The Morgan fingerprint density at radius 1 is 0.583 bits per heavy atom. The SMILES string of the molecule is CCCCCCCCCCCCC/C=C\C(O)C(CO[C@@H]1O[C@H](CO)[C@H](O[C@H]2O[C@H](CO)[C@H](O)[C@H](O)[C@H]2O)[C@H](O)[C@H]1O)NC(=O)CCCCCCCCCCCCCCC. The van der Waals surface area contributed by atoms with Gasteiger partial charge >= 0.3 is 0 Å². The Labute approximate surface area is 361 Å². The number of hydrogen-bond donors (Lipinski definition) is 9. The summed E-state index contributed by atoms with van der Waals surface area (Å²) >= 11 is 0. The predicted molar refractivity (Wildman–Crippen MR) is 231 cm³/mol. The second-order valence-electron chi connectivity index (χ2n) is 17.2. The number of allylic oxidation sites excluding steroid dienone is 1. The maximum absolute atomic E-state index is 13.1. The average molecular weight is 862 g/mol. The highest BCUT2D eigenvalue weighted by Gasteiger charge is 2.51. The molecule has 2 heterocycles. The van der Waals surface area contributed by atoms with Gasteiger partial charge in [-0.05, 0) is 19.3 Å². The van der Waals surface area contributed by atoms with Crippen LogP contribution in [0.3, 0.4) is 0 Å². The molecule has 0 aromatic heterocycles. The molecule has 0 saturated carbocycles. The predicted octanol–water partition coefficient (Wildman–Crippen LogP) is 5.21. The maximum Gasteiger partial charge on any atom is 0.220 e. The Bertz CT molecular complexity index is 1070. The van der Waals surface area contributed by atoms with Gasteiger partial charge < -0.3 is 65.1 Å². The number of carbonyl (C=O) groups is 1. The van der Waals surface area contributed by atoms with Crippen LogP contribution in [0.2, 0.25) is 0 Å². The second-order valence-corrected chi connectivity index (χ2v) is 17.2. The van der Waals surface area contributed by atoms with Gasteiger partial charge in [-0.15, -0.1) is 0 Å². The van der Waals surface area contributed by atoms with Crippen LogP contribution in [0.25, 0.3) is 0 Å². The van der Waals surface area contributed by atoms with Crippen LogP contribution in [0.15, 0.2) is 12.2 Å². The van der Waals surface area contributed by atoms with Crippen LogP contribution in [0.1, 0.15) is 181 Å². The quantitative estimate of drug-likeness (QED) is 0.0292. The van der Waals surface area contributed by atoms with Crippen molar-refractivity contribution in [1.29, 1.82) is 0 Å². The van der Waals surface area contributed by atoms with Gasteiger partial charge in [-0.25, -0.2) is 0 Å². The highest BCUT2D eigenvalue weighted by atomic mass is 16.7. The van der Waals surface area contributed by atoms with E-state index in [1.54, 1.807) is 6.08 Å². The van der Waals surface area contributed by atoms with Crippen LogP contribution >= 0.6 is 0 Å². The van der Waals surface area contributed by atoms with E-state index < -0.39 is 86.8 Å². The highest BCUT2D eigenvalue weighted by molar-refractivity contribution is 5.76. The van der Waals surface area contributed by atoms with Gasteiger partial charge in [0.05, 0.1) is 32.0 Å². The minimum Gasteiger partial charge on any atom is -0.394 e. The van der Waals surface area contributed by atoms with Crippen molar-refractivity contribution in [2.75, 3.05) is 19.8 Å². The second kappa shape index (κ2) is 34.2. The van der Waals surface area contributed by atoms with E-state index in [4.69, 9.17) is 18.9 Å². The lowest BCUT2D eigenvalue weighted by atomic mass is 9.97. The third-order valence-corrected chi connectivity index (χ3v) is 12.0. The van der Waals surface area contributed by atoms with Crippen molar-refractivity contribution < 1.29 is 64.6 Å². The van der Waals surface area contributed by atoms with E-state index in [0.29, 0.717) is 6.42 Å². The lowest BCUT2D eigenvalue weighted by Gasteiger charge is -2.46. The smallest absolute Gasteiger partial charge is 0.220 e. The molecule has 2 aliphatic heterocycles. The van der Waals surface area contributed by atoms with Crippen LogP contribution in [0, 0.1) is 0 Å². The lowest BCUT2D eigenvalue weighted by molar-refractivity contribution is -0.359. The van der Waals surface area contributed by atoms with Gasteiger partial charge in [-0.3, -0.25) is 4.79 Å². The molecule has 12 atom stereocenters. The van der Waals surface area contributed by atoms with Crippen molar-refractivity contribution in [3.05, 3.63) is 12.2 Å². The molecule has 2 saturated heterocycles. The van der Waals surface area contributed by atoms with Crippen molar-refractivity contribution in [3.8, 4) is 0 Å². The summed E-state index contributed by atoms with van der Waals surface area (Å²) < 4.78 is 22.6. The first-order valence-electron chi connectivity index (χ1n) is 23.9. The fourth-order valence-electron chi connectivity index (χ4n) is 8.00. The van der Waals surface area contributed by atoms with Gasteiger partial charge in [0.25, 0.3) is 0 Å². The summed E-state index contributed by atoms with van der Waals surface area (Å²) in [6.45, 7) is 2.77. The number of aliphatic hydroxyl groups excluding tert-OH is 8. The van der Waals surface area contributed by atoms with Crippen molar-refractivity contribution in [1.82, 2.24) is 5.32 Å². The number of unbranched alkanes of at least 4 members (excludes halogenated alkanes) is 23. The first kappa shape index (κ1) is 54.9. The number of carbonyl (C=O) groups excluding carboxylic acids is 1. The largest absolute Gasteiger partial charge is 0.394 e. The summed E-state index contributed by atoms with van der Waals surface area (Å²) in [6.07, 6.45) is 16.8. The fraction of sp³-hybridized carbons (Fsp3) is 0.935. The van der Waals surface area contributed by atoms with Crippen molar-refractivity contribution >= 4 is 5.91 Å². The highest BCUT2D eigenvalue weighted by Crippen LogP contribution is 2.30. The molecule has 1 amide bonds. The fourth-order valence-corrected chi connectivity index (χ4v) is 8.00. The Balaban J connectivity index is 1.89. The minimum absolute atomic E-state index is 0.240. The molecule has 60 heavy (non-hydrogen) atoms. The summed E-state index contributed by atoms with van der Waals surface area (Å²) in [4.78, 5) is 13.1. The zero-order valence-electron chi connectivity index (χ0n) is 37.2. The summed E-state index contributed by atoms with van der Waals surface area (Å²) in [7, 11) is 0. The summed E-state index contributed by atoms with van der Waals surface area (Å²) in [6, 6.07) is -0.906. The summed E-state index contributed by atoms with van der Waals surface area (Å²) in [5.74, 6) is -0.240. The summed E-state index contributed by atoms with van der Waals surface area (Å²) in [5, 5.41) is 86.5. The zero-order valence-corrected chi connectivity index (χ0v) is 37.2. The maximum atomic E-state index is 13.1. The average Bonchev–Trinajstić information content (AvgIpc) is 3.24. The van der Waals surface area contributed by atoms with Gasteiger partial charge in [0, 0.05) is 6.42 Å². The van der Waals surface area contributed by atoms with E-state index >= 15 is 0 Å². The topological polar surface area (TPSA) is 228 Å². The van der Waals surface area contributed by atoms with Crippen molar-refractivity contribution in [2.45, 2.75) is 254 Å². The van der Waals surface area contributed by atoms with Crippen molar-refractivity contribution in [3.63, 3.8) is 0 Å². The zero-order chi connectivity index (χ0) is 44.0. The molecule has 0 aliphatic carbocycles. The number of rotatable bonds is 36. The number of aliphatic hydroxyl groups is 8. The number of ether oxygens (including phenoxy) is 4. The molecule has 14 nitrogen and oxygen atoms in total. The molecule has 9 N–H and O–H groups in total. The molecule has 0 aromatic carbocycles. The van der Waals surface area contributed by atoms with E-state index in [1.807, 2.05) is 6.08 Å². The molecule has 0 radical (unpaired) electrons. The Morgan fingerprint density at radius 2 is 1.03 bits per heavy atom. The van der Waals surface area contributed by atoms with Crippen LogP contribution in [-0.4, -0.2) is 140 Å². The molecule has 2 aliphatic rings. The third kappa shape index (κ3) is 21.9. The monoisotopic (exact) mass is 862 g/mol. The minimum atomic E-state index is -1.78. The van der Waals surface area contributed by atoms with Crippen LogP contribution in [0.5, 0.6) is 0 Å². The standard InChI is InChI=1S/C46H87NO13/c1-3-5-7-9-11-13-15-17-19-21-23-25-27-29-35(50)34(47-38(51)30-28-26-24-22-20-18-16-14-12-10-8-6-4-2)33-57-45-43(56)41(54)44(37(32-49)59-45)60-46-42(55)40(53)39(52)36(31-48)58-46/h27,29,34-37,39-46,48-50,52-56H,3-26,28,30-33H2,1-2H3,(H,47,51)/b29-27-/t34?,35?,36-,37-,39+,40+,41-,42-,43-,44+,45-,46-/m1/s1. The lowest BCUT2D eigenvalue weighted by Crippen LogP contribution is -2.65. The molecule has 0 bridgehead atoms. The normalized spacial score (nSPS) is 28.3. The van der Waals surface area contributed by atoms with E-state index in [-0.39, 0.29) is 18.9 Å². The Kier molecular flexibility index (Phi) is 31.3.